The first-order valence-corrected chi connectivity index (χ1v) is 11.1. The molecule has 1 fully saturated rings. The maximum atomic E-state index is 13.1. The summed E-state index contributed by atoms with van der Waals surface area (Å²) in [4.78, 5) is 14.9. The first-order chi connectivity index (χ1) is 16.2. The number of nitrogens with one attached hydrogen (secondary N) is 1. The van der Waals surface area contributed by atoms with Crippen molar-refractivity contribution >= 4 is 11.6 Å². The van der Waals surface area contributed by atoms with Gasteiger partial charge in [0.05, 0.1) is 36.6 Å². The van der Waals surface area contributed by atoms with Crippen molar-refractivity contribution in [3.63, 3.8) is 0 Å². The van der Waals surface area contributed by atoms with Gasteiger partial charge in [0.1, 0.15) is 0 Å². The normalized spacial score (nSPS) is 14.3. The molecule has 180 valence electrons. The van der Waals surface area contributed by atoms with E-state index in [-0.39, 0.29) is 12.3 Å². The zero-order valence-electron chi connectivity index (χ0n) is 19.2. The highest BCUT2D eigenvalue weighted by Crippen LogP contribution is 2.31. The molecular formula is C25H27F3N4O2. The van der Waals surface area contributed by atoms with E-state index in [0.29, 0.717) is 29.2 Å². The molecule has 1 aliphatic rings. The number of nitrogens with zero attached hydrogens (tertiary/aromatic N) is 3. The SMILES string of the molecule is Cc1nn(-c2cccc(C(F)(F)F)c2)c(C)c1CC(=O)NCc1ccc(N2CCOCC2)cc1. The quantitative estimate of drug-likeness (QED) is 0.584. The van der Waals surface area contributed by atoms with Crippen LogP contribution in [-0.4, -0.2) is 42.0 Å². The minimum Gasteiger partial charge on any atom is -0.378 e. The van der Waals surface area contributed by atoms with E-state index in [4.69, 9.17) is 4.74 Å². The van der Waals surface area contributed by atoms with Crippen molar-refractivity contribution in [2.75, 3.05) is 31.2 Å². The molecule has 2 aromatic carbocycles. The van der Waals surface area contributed by atoms with E-state index in [2.05, 4.69) is 15.3 Å². The lowest BCUT2D eigenvalue weighted by atomic mass is 10.1. The molecule has 0 atom stereocenters. The van der Waals surface area contributed by atoms with Gasteiger partial charge in [0, 0.05) is 36.6 Å². The molecule has 1 aliphatic heterocycles. The van der Waals surface area contributed by atoms with Gasteiger partial charge in [-0.1, -0.05) is 18.2 Å². The molecule has 1 aromatic heterocycles. The number of alkyl halides is 3. The van der Waals surface area contributed by atoms with Crippen molar-refractivity contribution in [1.29, 1.82) is 0 Å². The Labute approximate surface area is 196 Å². The summed E-state index contributed by atoms with van der Waals surface area (Å²) in [5.74, 6) is -0.174. The zero-order valence-corrected chi connectivity index (χ0v) is 19.2. The van der Waals surface area contributed by atoms with Crippen molar-refractivity contribution in [3.8, 4) is 5.69 Å². The van der Waals surface area contributed by atoms with Gasteiger partial charge in [-0.25, -0.2) is 4.68 Å². The molecule has 9 heteroatoms. The van der Waals surface area contributed by atoms with Gasteiger partial charge in [-0.3, -0.25) is 4.79 Å². The maximum Gasteiger partial charge on any atom is 0.416 e. The third-order valence-electron chi connectivity index (χ3n) is 6.00. The van der Waals surface area contributed by atoms with Crippen molar-refractivity contribution in [2.45, 2.75) is 33.0 Å². The fourth-order valence-corrected chi connectivity index (χ4v) is 4.07. The summed E-state index contributed by atoms with van der Waals surface area (Å²) in [6.07, 6.45) is -4.34. The summed E-state index contributed by atoms with van der Waals surface area (Å²) in [6.45, 7) is 7.08. The predicted molar refractivity (Wildman–Crippen MR) is 123 cm³/mol. The highest BCUT2D eigenvalue weighted by Gasteiger charge is 2.30. The second-order valence-corrected chi connectivity index (χ2v) is 8.33. The first kappa shape index (κ1) is 23.8. The number of rotatable bonds is 6. The van der Waals surface area contributed by atoms with Crippen LogP contribution < -0.4 is 10.2 Å². The molecule has 6 nitrogen and oxygen atoms in total. The third kappa shape index (κ3) is 5.41. The van der Waals surface area contributed by atoms with E-state index in [1.54, 1.807) is 19.9 Å². The van der Waals surface area contributed by atoms with Crippen LogP contribution in [0.1, 0.15) is 28.1 Å². The van der Waals surface area contributed by atoms with Crippen molar-refractivity contribution in [3.05, 3.63) is 76.6 Å². The number of halogens is 3. The van der Waals surface area contributed by atoms with E-state index >= 15 is 0 Å². The predicted octanol–water partition coefficient (Wildman–Crippen LogP) is 4.20. The monoisotopic (exact) mass is 472 g/mol. The average Bonchev–Trinajstić information content (AvgIpc) is 3.11. The molecule has 34 heavy (non-hydrogen) atoms. The van der Waals surface area contributed by atoms with Crippen LogP contribution in [0.3, 0.4) is 0 Å². The molecule has 0 unspecified atom stereocenters. The van der Waals surface area contributed by atoms with Crippen LogP contribution in [0, 0.1) is 13.8 Å². The fourth-order valence-electron chi connectivity index (χ4n) is 4.07. The van der Waals surface area contributed by atoms with Gasteiger partial charge in [-0.05, 0) is 49.7 Å². The highest BCUT2D eigenvalue weighted by molar-refractivity contribution is 5.79. The topological polar surface area (TPSA) is 59.4 Å². The minimum absolute atomic E-state index is 0.0997. The van der Waals surface area contributed by atoms with Gasteiger partial charge in [0.2, 0.25) is 5.91 Å². The largest absolute Gasteiger partial charge is 0.416 e. The maximum absolute atomic E-state index is 13.1. The second kappa shape index (κ2) is 9.89. The molecule has 0 spiro atoms. The van der Waals surface area contributed by atoms with Gasteiger partial charge in [-0.15, -0.1) is 0 Å². The number of hydrogen-bond acceptors (Lipinski definition) is 4. The minimum atomic E-state index is -4.44. The Balaban J connectivity index is 1.39. The van der Waals surface area contributed by atoms with Crippen LogP contribution >= 0.6 is 0 Å². The number of amides is 1. The number of hydrogen-bond donors (Lipinski definition) is 1. The van der Waals surface area contributed by atoms with Gasteiger partial charge < -0.3 is 15.0 Å². The molecule has 4 rings (SSSR count). The number of anilines is 1. The summed E-state index contributed by atoms with van der Waals surface area (Å²) in [6, 6.07) is 13.1. The Morgan fingerprint density at radius 3 is 2.44 bits per heavy atom. The van der Waals surface area contributed by atoms with E-state index in [1.165, 1.54) is 10.7 Å². The van der Waals surface area contributed by atoms with Gasteiger partial charge in [0.15, 0.2) is 0 Å². The number of carbonyl (C=O) groups is 1. The number of aromatic nitrogens is 2. The van der Waals surface area contributed by atoms with Crippen molar-refractivity contribution < 1.29 is 22.7 Å². The van der Waals surface area contributed by atoms with Crippen LogP contribution in [0.2, 0.25) is 0 Å². The van der Waals surface area contributed by atoms with E-state index in [1.807, 2.05) is 24.3 Å². The van der Waals surface area contributed by atoms with Crippen LogP contribution in [0.4, 0.5) is 18.9 Å². The van der Waals surface area contributed by atoms with E-state index in [9.17, 15) is 18.0 Å². The molecular weight excluding hydrogens is 445 g/mol. The van der Waals surface area contributed by atoms with Crippen molar-refractivity contribution in [1.82, 2.24) is 15.1 Å². The van der Waals surface area contributed by atoms with E-state index < -0.39 is 11.7 Å². The van der Waals surface area contributed by atoms with Crippen molar-refractivity contribution in [2.24, 2.45) is 0 Å². The fraction of sp³-hybridized carbons (Fsp3) is 0.360. The average molecular weight is 473 g/mol. The van der Waals surface area contributed by atoms with Crippen LogP contribution in [0.25, 0.3) is 5.69 Å². The Morgan fingerprint density at radius 2 is 1.76 bits per heavy atom. The number of benzene rings is 2. The smallest absolute Gasteiger partial charge is 0.378 e. The summed E-state index contributed by atoms with van der Waals surface area (Å²) < 4.78 is 46.1. The number of carbonyl (C=O) groups excluding carboxylic acids is 1. The van der Waals surface area contributed by atoms with Gasteiger partial charge >= 0.3 is 6.18 Å². The Hall–Kier alpha value is -3.33. The molecule has 1 N–H and O–H groups in total. The molecule has 0 radical (unpaired) electrons. The summed E-state index contributed by atoms with van der Waals surface area (Å²) >= 11 is 0. The number of ether oxygens (including phenoxy) is 1. The third-order valence-corrected chi connectivity index (χ3v) is 6.00. The Bertz CT molecular complexity index is 1150. The Morgan fingerprint density at radius 1 is 1.06 bits per heavy atom. The lowest BCUT2D eigenvalue weighted by molar-refractivity contribution is -0.137. The second-order valence-electron chi connectivity index (χ2n) is 8.33. The molecule has 3 aromatic rings. The molecule has 2 heterocycles. The standard InChI is InChI=1S/C25H27F3N4O2/c1-17-23(18(2)32(30-17)22-5-3-4-20(14-22)25(26,27)28)15-24(33)29-16-19-6-8-21(9-7-19)31-10-12-34-13-11-31/h3-9,14H,10-13,15-16H2,1-2H3,(H,29,33). The lowest BCUT2D eigenvalue weighted by Crippen LogP contribution is -2.36. The number of aryl methyl sites for hydroxylation is 1. The summed E-state index contributed by atoms with van der Waals surface area (Å²) in [5.41, 5.74) is 3.64. The molecule has 0 saturated carbocycles. The van der Waals surface area contributed by atoms with Crippen LogP contribution in [0.15, 0.2) is 48.5 Å². The number of morpholine rings is 1. The molecule has 1 amide bonds. The first-order valence-electron chi connectivity index (χ1n) is 11.1. The molecule has 0 aliphatic carbocycles. The molecule has 1 saturated heterocycles. The van der Waals surface area contributed by atoms with Crippen LogP contribution in [0.5, 0.6) is 0 Å². The summed E-state index contributed by atoms with van der Waals surface area (Å²) in [7, 11) is 0. The van der Waals surface area contributed by atoms with E-state index in [0.717, 1.165) is 49.7 Å². The van der Waals surface area contributed by atoms with Gasteiger partial charge in [0.25, 0.3) is 0 Å². The zero-order chi connectivity index (χ0) is 24.3. The lowest BCUT2D eigenvalue weighted by Gasteiger charge is -2.28. The molecule has 0 bridgehead atoms. The van der Waals surface area contributed by atoms with Crippen LogP contribution in [-0.2, 0) is 28.7 Å². The highest BCUT2D eigenvalue weighted by atomic mass is 19.4. The Kier molecular flexibility index (Phi) is 6.92. The van der Waals surface area contributed by atoms with Gasteiger partial charge in [-0.2, -0.15) is 18.3 Å². The summed E-state index contributed by atoms with van der Waals surface area (Å²) in [5, 5.41) is 7.31.